The fraction of sp³-hybridized carbons (Fsp3) is 0.0909. The molecule has 0 spiro atoms. The summed E-state index contributed by atoms with van der Waals surface area (Å²) in [5.74, 6) is 3.27. The normalized spacial score (nSPS) is 10.6. The fourth-order valence-electron chi connectivity index (χ4n) is 2.69. The van der Waals surface area contributed by atoms with Crippen LogP contribution in [0.4, 0.5) is 5.69 Å². The first-order chi connectivity index (χ1) is 14.2. The number of rotatable bonds is 7. The van der Waals surface area contributed by atoms with Crippen molar-refractivity contribution in [3.8, 4) is 28.6 Å². The number of halogens is 1. The Morgan fingerprint density at radius 3 is 2.59 bits per heavy atom. The summed E-state index contributed by atoms with van der Waals surface area (Å²) in [6, 6.07) is 22.9. The first-order valence-electron chi connectivity index (χ1n) is 8.94. The third kappa shape index (κ3) is 4.75. The number of anilines is 1. The van der Waals surface area contributed by atoms with Crippen LogP contribution in [-0.2, 0) is 6.54 Å². The Balaban J connectivity index is 1.40. The van der Waals surface area contributed by atoms with Crippen molar-refractivity contribution in [2.24, 2.45) is 0 Å². The maximum Gasteiger partial charge on any atom is 0.246 e. The van der Waals surface area contributed by atoms with Crippen molar-refractivity contribution in [1.29, 1.82) is 0 Å². The second-order valence-corrected chi connectivity index (χ2v) is 7.01. The molecule has 1 N–H and O–H groups in total. The molecule has 0 atom stereocenters. The number of benzene rings is 3. The molecule has 0 radical (unpaired) electrons. The summed E-state index contributed by atoms with van der Waals surface area (Å²) in [5, 5.41) is 7.32. The van der Waals surface area contributed by atoms with Crippen LogP contribution in [0.25, 0.3) is 11.4 Å². The summed E-state index contributed by atoms with van der Waals surface area (Å²) in [7, 11) is 1.62. The highest BCUT2D eigenvalue weighted by Crippen LogP contribution is 2.32. The van der Waals surface area contributed by atoms with Gasteiger partial charge < -0.3 is 19.3 Å². The number of hydrogen-bond acceptors (Lipinski definition) is 6. The van der Waals surface area contributed by atoms with E-state index in [2.05, 4.69) is 31.4 Å². The van der Waals surface area contributed by atoms with Gasteiger partial charge in [-0.15, -0.1) is 0 Å². The number of ether oxygens (including phenoxy) is 2. The molecule has 0 saturated carbocycles. The molecule has 146 valence electrons. The largest absolute Gasteiger partial charge is 0.497 e. The van der Waals surface area contributed by atoms with Crippen LogP contribution in [0.2, 0.25) is 0 Å². The summed E-state index contributed by atoms with van der Waals surface area (Å²) in [4.78, 5) is 4.43. The van der Waals surface area contributed by atoms with Gasteiger partial charge in [0.25, 0.3) is 0 Å². The van der Waals surface area contributed by atoms with Crippen molar-refractivity contribution < 1.29 is 14.0 Å². The van der Waals surface area contributed by atoms with Crippen LogP contribution in [0.5, 0.6) is 17.2 Å². The van der Waals surface area contributed by atoms with Crippen LogP contribution in [0.3, 0.4) is 0 Å². The molecule has 4 aromatic rings. The lowest BCUT2D eigenvalue weighted by molar-refractivity contribution is 0.384. The van der Waals surface area contributed by atoms with E-state index in [1.165, 1.54) is 0 Å². The van der Waals surface area contributed by atoms with Gasteiger partial charge >= 0.3 is 0 Å². The quantitative estimate of drug-likeness (QED) is 0.376. The minimum atomic E-state index is 0.405. The molecule has 0 fully saturated rings. The van der Waals surface area contributed by atoms with E-state index in [0.717, 1.165) is 33.0 Å². The predicted octanol–water partition coefficient (Wildman–Crippen LogP) is 5.91. The molecule has 0 amide bonds. The Morgan fingerprint density at radius 2 is 1.79 bits per heavy atom. The Bertz CT molecular complexity index is 1100. The Kier molecular flexibility index (Phi) is 5.76. The van der Waals surface area contributed by atoms with Crippen LogP contribution >= 0.6 is 15.9 Å². The van der Waals surface area contributed by atoms with Gasteiger partial charge in [-0.25, -0.2) is 0 Å². The van der Waals surface area contributed by atoms with Crippen LogP contribution < -0.4 is 14.8 Å². The molecular formula is C22H18BrN3O3. The lowest BCUT2D eigenvalue weighted by Gasteiger charge is -2.10. The number of aromatic nitrogens is 2. The molecule has 0 bridgehead atoms. The molecule has 0 aliphatic rings. The number of nitrogens with zero attached hydrogens (tertiary/aromatic N) is 2. The van der Waals surface area contributed by atoms with Crippen molar-refractivity contribution in [3.63, 3.8) is 0 Å². The van der Waals surface area contributed by atoms with E-state index >= 15 is 0 Å². The Hall–Kier alpha value is -3.32. The first kappa shape index (κ1) is 19.0. The zero-order chi connectivity index (χ0) is 20.1. The highest BCUT2D eigenvalue weighted by molar-refractivity contribution is 9.10. The van der Waals surface area contributed by atoms with Gasteiger partial charge in [-0.3, -0.25) is 0 Å². The molecule has 29 heavy (non-hydrogen) atoms. The van der Waals surface area contributed by atoms with Crippen molar-refractivity contribution in [3.05, 3.63) is 83.2 Å². The summed E-state index contributed by atoms with van der Waals surface area (Å²) < 4.78 is 17.3. The highest BCUT2D eigenvalue weighted by Gasteiger charge is 2.10. The standard InChI is InChI=1S/C22H18BrN3O3/c1-27-18-9-5-6-15(12-18)22-25-21(29-26-22)14-24-16-10-11-20(19(23)13-16)28-17-7-3-2-4-8-17/h2-13,24H,14H2,1H3. The summed E-state index contributed by atoms with van der Waals surface area (Å²) in [5.41, 5.74) is 1.74. The lowest BCUT2D eigenvalue weighted by atomic mass is 10.2. The van der Waals surface area contributed by atoms with Gasteiger partial charge in [-0.05, 0) is 58.4 Å². The first-order valence-corrected chi connectivity index (χ1v) is 9.74. The van der Waals surface area contributed by atoms with Gasteiger partial charge in [0.2, 0.25) is 11.7 Å². The molecule has 7 heteroatoms. The monoisotopic (exact) mass is 451 g/mol. The minimum Gasteiger partial charge on any atom is -0.497 e. The minimum absolute atomic E-state index is 0.405. The molecule has 0 aliphatic carbocycles. The van der Waals surface area contributed by atoms with Gasteiger partial charge in [-0.1, -0.05) is 35.5 Å². The molecule has 1 heterocycles. The van der Waals surface area contributed by atoms with E-state index in [4.69, 9.17) is 14.0 Å². The molecule has 3 aromatic carbocycles. The van der Waals surface area contributed by atoms with Gasteiger partial charge in [0, 0.05) is 11.3 Å². The van der Waals surface area contributed by atoms with Crippen LogP contribution in [0.1, 0.15) is 5.89 Å². The van der Waals surface area contributed by atoms with Gasteiger partial charge in [0.05, 0.1) is 18.1 Å². The second kappa shape index (κ2) is 8.79. The molecule has 0 saturated heterocycles. The van der Waals surface area contributed by atoms with E-state index in [1.54, 1.807) is 7.11 Å². The zero-order valence-corrected chi connectivity index (χ0v) is 17.2. The van der Waals surface area contributed by atoms with Gasteiger partial charge in [-0.2, -0.15) is 4.98 Å². The van der Waals surface area contributed by atoms with E-state index in [1.807, 2.05) is 72.8 Å². The summed E-state index contributed by atoms with van der Waals surface area (Å²) >= 11 is 3.55. The van der Waals surface area contributed by atoms with E-state index < -0.39 is 0 Å². The highest BCUT2D eigenvalue weighted by atomic mass is 79.9. The number of nitrogens with one attached hydrogen (secondary N) is 1. The zero-order valence-electron chi connectivity index (χ0n) is 15.6. The smallest absolute Gasteiger partial charge is 0.246 e. The SMILES string of the molecule is COc1cccc(-c2noc(CNc3ccc(Oc4ccccc4)c(Br)c3)n2)c1. The van der Waals surface area contributed by atoms with Crippen LogP contribution in [0, 0.1) is 0 Å². The summed E-state index contributed by atoms with van der Waals surface area (Å²) in [6.45, 7) is 0.405. The Morgan fingerprint density at radius 1 is 0.966 bits per heavy atom. The maximum absolute atomic E-state index is 5.87. The number of hydrogen-bond donors (Lipinski definition) is 1. The van der Waals surface area contributed by atoms with Gasteiger partial charge in [0.1, 0.15) is 17.2 Å². The average Bonchev–Trinajstić information content (AvgIpc) is 3.24. The molecule has 4 rings (SSSR count). The lowest BCUT2D eigenvalue weighted by Crippen LogP contribution is -2.00. The maximum atomic E-state index is 5.87. The molecule has 1 aromatic heterocycles. The molecular weight excluding hydrogens is 434 g/mol. The van der Waals surface area contributed by atoms with Crippen molar-refractivity contribution in [1.82, 2.24) is 10.1 Å². The van der Waals surface area contributed by atoms with Crippen molar-refractivity contribution in [2.45, 2.75) is 6.54 Å². The topological polar surface area (TPSA) is 69.4 Å². The molecule has 0 aliphatic heterocycles. The molecule has 6 nitrogen and oxygen atoms in total. The van der Waals surface area contributed by atoms with Crippen LogP contribution in [-0.4, -0.2) is 17.3 Å². The second-order valence-electron chi connectivity index (χ2n) is 6.16. The van der Waals surface area contributed by atoms with E-state index in [9.17, 15) is 0 Å². The molecule has 0 unspecified atom stereocenters. The summed E-state index contributed by atoms with van der Waals surface area (Å²) in [6.07, 6.45) is 0. The fourth-order valence-corrected chi connectivity index (χ4v) is 3.15. The predicted molar refractivity (Wildman–Crippen MR) is 114 cm³/mol. The average molecular weight is 452 g/mol. The van der Waals surface area contributed by atoms with Crippen LogP contribution in [0.15, 0.2) is 81.8 Å². The number of para-hydroxylation sites is 1. The van der Waals surface area contributed by atoms with E-state index in [0.29, 0.717) is 18.3 Å². The third-order valence-electron chi connectivity index (χ3n) is 4.14. The Labute approximate surface area is 176 Å². The number of methoxy groups -OCH3 is 1. The van der Waals surface area contributed by atoms with E-state index in [-0.39, 0.29) is 0 Å². The van der Waals surface area contributed by atoms with Crippen molar-refractivity contribution >= 4 is 21.6 Å². The third-order valence-corrected chi connectivity index (χ3v) is 4.76. The van der Waals surface area contributed by atoms with Gasteiger partial charge in [0.15, 0.2) is 0 Å². The van der Waals surface area contributed by atoms with Crippen molar-refractivity contribution in [2.75, 3.05) is 12.4 Å².